The Hall–Kier alpha value is -0.960. The van der Waals surface area contributed by atoms with Crippen LogP contribution in [0.5, 0.6) is 0 Å². The molecule has 2 heterocycles. The summed E-state index contributed by atoms with van der Waals surface area (Å²) < 4.78 is 24.1. The van der Waals surface area contributed by atoms with Crippen LogP contribution in [0, 0.1) is 5.92 Å². The predicted octanol–water partition coefficient (Wildman–Crippen LogP) is -1.06. The van der Waals surface area contributed by atoms with E-state index in [1.807, 2.05) is 11.8 Å². The highest BCUT2D eigenvalue weighted by molar-refractivity contribution is 7.87. The van der Waals surface area contributed by atoms with Crippen LogP contribution in [-0.2, 0) is 15.0 Å². The smallest absolute Gasteiger partial charge is 0.274 e. The van der Waals surface area contributed by atoms with Crippen LogP contribution < -0.4 is 15.2 Å². The van der Waals surface area contributed by atoms with Crippen LogP contribution in [0.15, 0.2) is 11.1 Å². The van der Waals surface area contributed by atoms with Crippen LogP contribution in [0.25, 0.3) is 0 Å². The van der Waals surface area contributed by atoms with Gasteiger partial charge < -0.3 is 10.2 Å². The van der Waals surface area contributed by atoms with Crippen LogP contribution in [0.2, 0.25) is 0 Å². The van der Waals surface area contributed by atoms with Crippen molar-refractivity contribution >= 4 is 16.1 Å². The van der Waals surface area contributed by atoms with Gasteiger partial charge in [0.25, 0.3) is 10.2 Å². The summed E-state index contributed by atoms with van der Waals surface area (Å²) >= 11 is 0. The summed E-state index contributed by atoms with van der Waals surface area (Å²) in [5.41, 5.74) is 1.99. The highest BCUT2D eigenvalue weighted by atomic mass is 32.2. The van der Waals surface area contributed by atoms with Gasteiger partial charge >= 0.3 is 0 Å². The van der Waals surface area contributed by atoms with Crippen molar-refractivity contribution in [3.05, 3.63) is 11.1 Å². The molecule has 0 aliphatic carbocycles. The molecular weight excluding hydrogens is 280 g/mol. The van der Waals surface area contributed by atoms with Crippen molar-refractivity contribution in [2.45, 2.75) is 19.8 Å². The fourth-order valence-electron chi connectivity index (χ4n) is 2.55. The van der Waals surface area contributed by atoms with Crippen molar-refractivity contribution in [2.75, 3.05) is 32.7 Å². The number of carbonyl (C=O) groups is 1. The largest absolute Gasteiger partial charge is 0.339 e. The standard InChI is InChI=1S/C12H22N4O3S/c1-9(11-6-14-7-11)12(17)16-4-2-3-10(8-16)5-15-20(13,18)19/h10,14-15H,2-8H2,1H3,(H2,13,18,19). The molecule has 1 amide bonds. The quantitative estimate of drug-likeness (QED) is 0.576. The maximum Gasteiger partial charge on any atom is 0.274 e. The molecule has 20 heavy (non-hydrogen) atoms. The monoisotopic (exact) mass is 302 g/mol. The number of nitrogens with zero attached hydrogens (tertiary/aromatic N) is 1. The molecule has 7 nitrogen and oxygen atoms in total. The minimum atomic E-state index is -3.66. The maximum atomic E-state index is 12.4. The molecule has 1 unspecified atom stereocenters. The molecule has 0 saturated carbocycles. The van der Waals surface area contributed by atoms with E-state index < -0.39 is 10.2 Å². The zero-order valence-corrected chi connectivity index (χ0v) is 12.5. The molecule has 114 valence electrons. The van der Waals surface area contributed by atoms with Crippen molar-refractivity contribution in [1.29, 1.82) is 0 Å². The van der Waals surface area contributed by atoms with Gasteiger partial charge in [-0.3, -0.25) is 4.79 Å². The fourth-order valence-corrected chi connectivity index (χ4v) is 3.02. The molecule has 8 heteroatoms. The van der Waals surface area contributed by atoms with Gasteiger partial charge in [-0.2, -0.15) is 8.42 Å². The normalized spacial score (nSPS) is 23.4. The molecule has 0 aromatic rings. The Morgan fingerprint density at radius 2 is 2.20 bits per heavy atom. The summed E-state index contributed by atoms with van der Waals surface area (Å²) in [6.45, 7) is 5.07. The Balaban J connectivity index is 1.91. The van der Waals surface area contributed by atoms with E-state index in [9.17, 15) is 13.2 Å². The third kappa shape index (κ3) is 4.02. The number of rotatable bonds is 4. The first-order valence-corrected chi connectivity index (χ1v) is 8.37. The molecule has 2 fully saturated rings. The Bertz CT molecular complexity index is 509. The molecule has 2 rings (SSSR count). The second-order valence-electron chi connectivity index (χ2n) is 5.48. The van der Waals surface area contributed by atoms with E-state index in [2.05, 4.69) is 10.0 Å². The summed E-state index contributed by atoms with van der Waals surface area (Å²) in [6.07, 6.45) is 1.80. The summed E-state index contributed by atoms with van der Waals surface area (Å²) in [7, 11) is -3.66. The van der Waals surface area contributed by atoms with Crippen LogP contribution in [0.1, 0.15) is 19.8 Å². The van der Waals surface area contributed by atoms with E-state index in [4.69, 9.17) is 5.14 Å². The van der Waals surface area contributed by atoms with Crippen LogP contribution in [0.4, 0.5) is 0 Å². The van der Waals surface area contributed by atoms with E-state index >= 15 is 0 Å². The molecule has 2 aliphatic rings. The lowest BCUT2D eigenvalue weighted by Gasteiger charge is -2.34. The number of nitrogens with one attached hydrogen (secondary N) is 2. The zero-order chi connectivity index (χ0) is 14.8. The molecular formula is C12H22N4O3S. The van der Waals surface area contributed by atoms with Crippen molar-refractivity contribution in [3.63, 3.8) is 0 Å². The first-order valence-electron chi connectivity index (χ1n) is 6.83. The third-order valence-corrected chi connectivity index (χ3v) is 4.48. The first-order chi connectivity index (χ1) is 9.37. The minimum Gasteiger partial charge on any atom is -0.339 e. The molecule has 2 aliphatic heterocycles. The van der Waals surface area contributed by atoms with Gasteiger partial charge in [-0.1, -0.05) is 0 Å². The minimum absolute atomic E-state index is 0.0711. The van der Waals surface area contributed by atoms with Gasteiger partial charge in [-0.05, 0) is 31.3 Å². The van der Waals surface area contributed by atoms with Gasteiger partial charge in [-0.25, -0.2) is 9.86 Å². The van der Waals surface area contributed by atoms with Gasteiger partial charge in [0.2, 0.25) is 5.91 Å². The second kappa shape index (κ2) is 6.21. The van der Waals surface area contributed by atoms with E-state index in [0.29, 0.717) is 13.1 Å². The highest BCUT2D eigenvalue weighted by Gasteiger charge is 2.26. The highest BCUT2D eigenvalue weighted by Crippen LogP contribution is 2.19. The number of likely N-dealkylation sites (tertiary alicyclic amines) is 1. The number of piperidine rings is 1. The zero-order valence-electron chi connectivity index (χ0n) is 11.7. The summed E-state index contributed by atoms with van der Waals surface area (Å²) in [6, 6.07) is 0. The van der Waals surface area contributed by atoms with Gasteiger partial charge in [0.15, 0.2) is 0 Å². The molecule has 1 atom stereocenters. The van der Waals surface area contributed by atoms with Crippen LogP contribution in [0.3, 0.4) is 0 Å². The summed E-state index contributed by atoms with van der Waals surface area (Å²) in [4.78, 5) is 14.2. The summed E-state index contributed by atoms with van der Waals surface area (Å²) in [5, 5.41) is 8.05. The van der Waals surface area contributed by atoms with Gasteiger partial charge in [-0.15, -0.1) is 0 Å². The van der Waals surface area contributed by atoms with Crippen LogP contribution >= 0.6 is 0 Å². The average Bonchev–Trinajstić information content (AvgIpc) is 2.33. The van der Waals surface area contributed by atoms with Crippen molar-refractivity contribution < 1.29 is 13.2 Å². The van der Waals surface area contributed by atoms with E-state index in [-0.39, 0.29) is 11.8 Å². The Labute approximate surface area is 119 Å². The average molecular weight is 302 g/mol. The van der Waals surface area contributed by atoms with Gasteiger partial charge in [0.1, 0.15) is 0 Å². The molecule has 0 aromatic heterocycles. The van der Waals surface area contributed by atoms with E-state index in [0.717, 1.165) is 38.0 Å². The molecule has 0 aromatic carbocycles. The molecule has 4 N–H and O–H groups in total. The number of carbonyl (C=O) groups excluding carboxylic acids is 1. The lowest BCUT2D eigenvalue weighted by Crippen LogP contribution is -2.46. The lowest BCUT2D eigenvalue weighted by molar-refractivity contribution is -0.128. The van der Waals surface area contributed by atoms with Gasteiger partial charge in [0.05, 0.1) is 0 Å². The van der Waals surface area contributed by atoms with E-state index in [1.54, 1.807) is 0 Å². The first kappa shape index (κ1) is 15.4. The molecule has 0 bridgehead atoms. The topological polar surface area (TPSA) is 105 Å². The van der Waals surface area contributed by atoms with Gasteiger partial charge in [0, 0.05) is 38.3 Å². The maximum absolute atomic E-state index is 12.4. The van der Waals surface area contributed by atoms with Crippen LogP contribution in [-0.4, -0.2) is 51.9 Å². The Kier molecular flexibility index (Phi) is 4.79. The number of amides is 1. The third-order valence-electron chi connectivity index (χ3n) is 3.91. The summed E-state index contributed by atoms with van der Waals surface area (Å²) in [5.74, 6) is 0.199. The Morgan fingerprint density at radius 3 is 2.75 bits per heavy atom. The molecule has 0 spiro atoms. The number of nitrogens with two attached hydrogens (primary N) is 1. The van der Waals surface area contributed by atoms with Crippen molar-refractivity contribution in [1.82, 2.24) is 14.9 Å². The van der Waals surface area contributed by atoms with Crippen molar-refractivity contribution in [3.8, 4) is 0 Å². The number of hydrogen-bond donors (Lipinski definition) is 3. The predicted molar refractivity (Wildman–Crippen MR) is 76.0 cm³/mol. The fraction of sp³-hybridized carbons (Fsp3) is 0.750. The van der Waals surface area contributed by atoms with E-state index in [1.165, 1.54) is 5.57 Å². The van der Waals surface area contributed by atoms with Crippen molar-refractivity contribution in [2.24, 2.45) is 11.1 Å². The number of hydrogen-bond acceptors (Lipinski definition) is 4. The molecule has 2 saturated heterocycles. The second-order valence-corrected chi connectivity index (χ2v) is 6.86. The lowest BCUT2D eigenvalue weighted by atomic mass is 9.96. The molecule has 0 radical (unpaired) electrons. The SMILES string of the molecule is CC(C(=O)N1CCCC(CNS(N)(=O)=O)C1)=C1CNC1. The Morgan fingerprint density at radius 1 is 1.50 bits per heavy atom.